The average molecular weight is 309 g/mol. The van der Waals surface area contributed by atoms with Crippen LogP contribution in [0.1, 0.15) is 36.4 Å². The van der Waals surface area contributed by atoms with Crippen molar-refractivity contribution < 1.29 is 9.90 Å². The summed E-state index contributed by atoms with van der Waals surface area (Å²) in [7, 11) is 0. The van der Waals surface area contributed by atoms with E-state index in [4.69, 9.17) is 11.6 Å². The van der Waals surface area contributed by atoms with Crippen molar-refractivity contribution in [2.45, 2.75) is 31.7 Å². The SMILES string of the molecule is O=CN1CCc2cc(Cl)c(O)cc2C(N2CCCCC2)C1. The molecular weight excluding hydrogens is 288 g/mol. The highest BCUT2D eigenvalue weighted by atomic mass is 35.5. The van der Waals surface area contributed by atoms with Crippen molar-refractivity contribution in [3.05, 3.63) is 28.3 Å². The second-order valence-electron chi connectivity index (χ2n) is 5.97. The monoisotopic (exact) mass is 308 g/mol. The molecule has 0 aliphatic carbocycles. The minimum Gasteiger partial charge on any atom is -0.506 e. The van der Waals surface area contributed by atoms with Crippen LogP contribution in [0, 0.1) is 0 Å². The van der Waals surface area contributed by atoms with E-state index < -0.39 is 0 Å². The molecule has 1 fully saturated rings. The molecule has 1 atom stereocenters. The maximum absolute atomic E-state index is 11.3. The summed E-state index contributed by atoms with van der Waals surface area (Å²) in [6.07, 6.45) is 5.40. The second kappa shape index (κ2) is 6.24. The quantitative estimate of drug-likeness (QED) is 0.854. The summed E-state index contributed by atoms with van der Waals surface area (Å²) >= 11 is 6.06. The van der Waals surface area contributed by atoms with E-state index in [2.05, 4.69) is 4.90 Å². The number of aromatic hydroxyl groups is 1. The minimum absolute atomic E-state index is 0.136. The van der Waals surface area contributed by atoms with Crippen LogP contribution in [0.3, 0.4) is 0 Å². The van der Waals surface area contributed by atoms with Gasteiger partial charge in [0, 0.05) is 13.1 Å². The Hall–Kier alpha value is -1.26. The predicted molar refractivity (Wildman–Crippen MR) is 82.6 cm³/mol. The molecule has 1 aromatic carbocycles. The van der Waals surface area contributed by atoms with Gasteiger partial charge in [-0.1, -0.05) is 18.0 Å². The third-order valence-electron chi connectivity index (χ3n) is 4.62. The molecule has 1 aromatic rings. The lowest BCUT2D eigenvalue weighted by Gasteiger charge is -2.36. The maximum atomic E-state index is 11.3. The van der Waals surface area contributed by atoms with Crippen molar-refractivity contribution in [2.24, 2.45) is 0 Å². The Kier molecular flexibility index (Phi) is 4.36. The fourth-order valence-electron chi connectivity index (χ4n) is 3.46. The number of hydrogen-bond acceptors (Lipinski definition) is 3. The lowest BCUT2D eigenvalue weighted by Crippen LogP contribution is -2.39. The summed E-state index contributed by atoms with van der Waals surface area (Å²) < 4.78 is 0. The smallest absolute Gasteiger partial charge is 0.209 e. The zero-order valence-electron chi connectivity index (χ0n) is 12.1. The van der Waals surface area contributed by atoms with Crippen LogP contribution in [0.5, 0.6) is 5.75 Å². The molecule has 0 bridgehead atoms. The van der Waals surface area contributed by atoms with Gasteiger partial charge >= 0.3 is 0 Å². The number of rotatable bonds is 2. The Morgan fingerprint density at radius 3 is 2.67 bits per heavy atom. The highest BCUT2D eigenvalue weighted by Crippen LogP contribution is 2.36. The number of phenols is 1. The van der Waals surface area contributed by atoms with Crippen molar-refractivity contribution in [1.82, 2.24) is 9.80 Å². The van der Waals surface area contributed by atoms with E-state index in [9.17, 15) is 9.90 Å². The van der Waals surface area contributed by atoms with Gasteiger partial charge in [-0.15, -0.1) is 0 Å². The molecule has 0 radical (unpaired) electrons. The number of halogens is 1. The van der Waals surface area contributed by atoms with Crippen molar-refractivity contribution in [3.8, 4) is 5.75 Å². The van der Waals surface area contributed by atoms with Crippen molar-refractivity contribution in [2.75, 3.05) is 26.2 Å². The first kappa shape index (κ1) is 14.7. The zero-order chi connectivity index (χ0) is 14.8. The summed E-state index contributed by atoms with van der Waals surface area (Å²) in [6, 6.07) is 3.82. The highest BCUT2D eigenvalue weighted by Gasteiger charge is 2.29. The van der Waals surface area contributed by atoms with Gasteiger partial charge in [0.05, 0.1) is 11.1 Å². The number of carbonyl (C=O) groups excluding carboxylic acids is 1. The molecule has 0 aromatic heterocycles. The number of piperidine rings is 1. The lowest BCUT2D eigenvalue weighted by atomic mass is 9.96. The third-order valence-corrected chi connectivity index (χ3v) is 4.93. The molecule has 2 heterocycles. The fraction of sp³-hybridized carbons (Fsp3) is 0.562. The summed E-state index contributed by atoms with van der Waals surface area (Å²) in [5.41, 5.74) is 2.28. The first-order valence-corrected chi connectivity index (χ1v) is 8.01. The van der Waals surface area contributed by atoms with Gasteiger partial charge in [0.25, 0.3) is 0 Å². The largest absolute Gasteiger partial charge is 0.506 e. The molecule has 2 aliphatic heterocycles. The van der Waals surface area contributed by atoms with Gasteiger partial charge in [0.15, 0.2) is 0 Å². The molecule has 114 valence electrons. The van der Waals surface area contributed by atoms with Gasteiger partial charge in [0.2, 0.25) is 6.41 Å². The van der Waals surface area contributed by atoms with E-state index in [0.29, 0.717) is 18.1 Å². The van der Waals surface area contributed by atoms with Gasteiger partial charge in [-0.25, -0.2) is 0 Å². The highest BCUT2D eigenvalue weighted by molar-refractivity contribution is 6.32. The van der Waals surface area contributed by atoms with E-state index in [1.807, 2.05) is 11.0 Å². The van der Waals surface area contributed by atoms with Gasteiger partial charge in [0.1, 0.15) is 5.75 Å². The maximum Gasteiger partial charge on any atom is 0.209 e. The molecule has 1 saturated heterocycles. The molecule has 2 aliphatic rings. The first-order valence-electron chi connectivity index (χ1n) is 7.63. The van der Waals surface area contributed by atoms with E-state index in [1.165, 1.54) is 19.3 Å². The number of benzene rings is 1. The van der Waals surface area contributed by atoms with E-state index in [1.54, 1.807) is 6.07 Å². The van der Waals surface area contributed by atoms with Gasteiger partial charge in [-0.05, 0) is 55.6 Å². The Morgan fingerprint density at radius 2 is 1.95 bits per heavy atom. The van der Waals surface area contributed by atoms with E-state index in [-0.39, 0.29) is 11.8 Å². The number of fused-ring (bicyclic) bond motifs is 1. The predicted octanol–water partition coefficient (Wildman–Crippen LogP) is 2.59. The summed E-state index contributed by atoms with van der Waals surface area (Å²) in [5.74, 6) is 0.136. The normalized spacial score (nSPS) is 23.5. The van der Waals surface area contributed by atoms with E-state index >= 15 is 0 Å². The minimum atomic E-state index is 0.136. The van der Waals surface area contributed by atoms with Crippen LogP contribution in [0.4, 0.5) is 0 Å². The molecule has 5 heteroatoms. The van der Waals surface area contributed by atoms with Crippen LogP contribution in [0.25, 0.3) is 0 Å². The summed E-state index contributed by atoms with van der Waals surface area (Å²) in [6.45, 7) is 3.51. The molecule has 1 unspecified atom stereocenters. The van der Waals surface area contributed by atoms with Gasteiger partial charge < -0.3 is 10.0 Å². The lowest BCUT2D eigenvalue weighted by molar-refractivity contribution is -0.118. The Labute approximate surface area is 130 Å². The molecule has 0 saturated carbocycles. The molecule has 21 heavy (non-hydrogen) atoms. The number of amides is 1. The van der Waals surface area contributed by atoms with Gasteiger partial charge in [-0.2, -0.15) is 0 Å². The van der Waals surface area contributed by atoms with Crippen LogP contribution in [-0.4, -0.2) is 47.5 Å². The number of nitrogens with zero attached hydrogens (tertiary/aromatic N) is 2. The average Bonchev–Trinajstić information content (AvgIpc) is 2.68. The topological polar surface area (TPSA) is 43.8 Å². The third kappa shape index (κ3) is 3.01. The molecule has 4 nitrogen and oxygen atoms in total. The standard InChI is InChI=1S/C16H21ClN2O2/c17-14-8-12-4-7-18(11-20)10-15(13(12)9-16(14)21)19-5-2-1-3-6-19/h8-9,11,15,21H,1-7,10H2. The van der Waals surface area contributed by atoms with Crippen molar-refractivity contribution >= 4 is 18.0 Å². The fourth-order valence-corrected chi connectivity index (χ4v) is 3.65. The second-order valence-corrected chi connectivity index (χ2v) is 6.37. The summed E-state index contributed by atoms with van der Waals surface area (Å²) in [5, 5.41) is 10.4. The number of likely N-dealkylation sites (tertiary alicyclic amines) is 1. The zero-order valence-corrected chi connectivity index (χ0v) is 12.9. The molecule has 1 amide bonds. The summed E-state index contributed by atoms with van der Waals surface area (Å²) in [4.78, 5) is 15.5. The Bertz CT molecular complexity index is 529. The Balaban J connectivity index is 1.98. The van der Waals surface area contributed by atoms with Gasteiger partial charge in [-0.3, -0.25) is 9.69 Å². The van der Waals surface area contributed by atoms with Crippen molar-refractivity contribution in [3.63, 3.8) is 0 Å². The molecule has 3 rings (SSSR count). The van der Waals surface area contributed by atoms with Crippen LogP contribution in [0.15, 0.2) is 12.1 Å². The molecular formula is C16H21ClN2O2. The Morgan fingerprint density at radius 1 is 1.19 bits per heavy atom. The van der Waals surface area contributed by atoms with Crippen LogP contribution in [-0.2, 0) is 11.2 Å². The van der Waals surface area contributed by atoms with Crippen LogP contribution < -0.4 is 0 Å². The molecule has 1 N–H and O–H groups in total. The van der Waals surface area contributed by atoms with Crippen LogP contribution >= 0.6 is 11.6 Å². The first-order chi connectivity index (χ1) is 10.2. The van der Waals surface area contributed by atoms with Crippen LogP contribution in [0.2, 0.25) is 5.02 Å². The van der Waals surface area contributed by atoms with Crippen molar-refractivity contribution in [1.29, 1.82) is 0 Å². The number of hydrogen-bond donors (Lipinski definition) is 1. The number of phenolic OH excluding ortho intramolecular Hbond substituents is 1. The van der Waals surface area contributed by atoms with E-state index in [0.717, 1.165) is 37.0 Å². The number of carbonyl (C=O) groups is 1. The molecule has 0 spiro atoms.